The minimum Gasteiger partial charge on any atom is -0.472 e. The van der Waals surface area contributed by atoms with E-state index in [-0.39, 0.29) is 17.2 Å². The molecule has 1 aromatic carbocycles. The van der Waals surface area contributed by atoms with Crippen LogP contribution in [0.4, 0.5) is 5.69 Å². The van der Waals surface area contributed by atoms with Crippen LogP contribution in [0.5, 0.6) is 5.88 Å². The van der Waals surface area contributed by atoms with Gasteiger partial charge in [-0.05, 0) is 25.0 Å². The van der Waals surface area contributed by atoms with Gasteiger partial charge in [0.15, 0.2) is 0 Å². The second-order valence-corrected chi connectivity index (χ2v) is 4.43. The van der Waals surface area contributed by atoms with Crippen molar-refractivity contribution in [3.8, 4) is 5.88 Å². The highest BCUT2D eigenvalue weighted by atomic mass is 16.6. The number of nitro benzene ring substituents is 1. The van der Waals surface area contributed by atoms with Gasteiger partial charge in [0.05, 0.1) is 10.5 Å². The molecule has 0 fully saturated rings. The SMILES string of the molecule is CCc1cccc([N+](=O)[O-])c1COc1cccc(C)n1. The van der Waals surface area contributed by atoms with Gasteiger partial charge in [0.25, 0.3) is 5.69 Å². The highest BCUT2D eigenvalue weighted by Gasteiger charge is 2.17. The Morgan fingerprint density at radius 1 is 1.25 bits per heavy atom. The number of benzene rings is 1. The van der Waals surface area contributed by atoms with E-state index in [4.69, 9.17) is 4.74 Å². The van der Waals surface area contributed by atoms with Gasteiger partial charge >= 0.3 is 0 Å². The summed E-state index contributed by atoms with van der Waals surface area (Å²) in [5.74, 6) is 0.477. The zero-order chi connectivity index (χ0) is 14.5. The fraction of sp³-hybridized carbons (Fsp3) is 0.267. The average molecular weight is 272 g/mol. The molecule has 0 amide bonds. The highest BCUT2D eigenvalue weighted by molar-refractivity contribution is 5.45. The van der Waals surface area contributed by atoms with Crippen molar-refractivity contribution in [3.63, 3.8) is 0 Å². The molecule has 2 rings (SSSR count). The van der Waals surface area contributed by atoms with Crippen molar-refractivity contribution in [1.82, 2.24) is 4.98 Å². The molecular formula is C15H16N2O3. The van der Waals surface area contributed by atoms with Crippen LogP contribution >= 0.6 is 0 Å². The van der Waals surface area contributed by atoms with Crippen LogP contribution in [0.2, 0.25) is 0 Å². The summed E-state index contributed by atoms with van der Waals surface area (Å²) in [5.41, 5.74) is 2.48. The molecule has 5 nitrogen and oxygen atoms in total. The van der Waals surface area contributed by atoms with Crippen LogP contribution in [-0.4, -0.2) is 9.91 Å². The maximum absolute atomic E-state index is 11.1. The first-order valence-corrected chi connectivity index (χ1v) is 6.43. The van der Waals surface area contributed by atoms with Gasteiger partial charge in [-0.15, -0.1) is 0 Å². The second-order valence-electron chi connectivity index (χ2n) is 4.43. The van der Waals surface area contributed by atoms with Gasteiger partial charge in [0.1, 0.15) is 6.61 Å². The van der Waals surface area contributed by atoms with Crippen LogP contribution in [-0.2, 0) is 13.0 Å². The molecule has 0 spiro atoms. The summed E-state index contributed by atoms with van der Waals surface area (Å²) in [6.45, 7) is 3.99. The van der Waals surface area contributed by atoms with Crippen LogP contribution in [0.3, 0.4) is 0 Å². The van der Waals surface area contributed by atoms with Crippen molar-refractivity contribution >= 4 is 5.69 Å². The zero-order valence-corrected chi connectivity index (χ0v) is 11.5. The molecule has 1 heterocycles. The molecule has 0 atom stereocenters. The Morgan fingerprint density at radius 3 is 2.65 bits per heavy atom. The lowest BCUT2D eigenvalue weighted by Crippen LogP contribution is -2.05. The van der Waals surface area contributed by atoms with Gasteiger partial charge < -0.3 is 4.74 Å². The number of aryl methyl sites for hydroxylation is 2. The topological polar surface area (TPSA) is 65.3 Å². The third-order valence-electron chi connectivity index (χ3n) is 3.05. The predicted molar refractivity (Wildman–Crippen MR) is 75.8 cm³/mol. The minimum atomic E-state index is -0.373. The molecule has 0 bridgehead atoms. The molecule has 0 N–H and O–H groups in total. The Kier molecular flexibility index (Phi) is 4.30. The summed E-state index contributed by atoms with van der Waals surface area (Å²) in [7, 11) is 0. The Bertz CT molecular complexity index is 626. The largest absolute Gasteiger partial charge is 0.472 e. The van der Waals surface area contributed by atoms with Gasteiger partial charge in [0, 0.05) is 17.8 Å². The molecule has 1 aromatic heterocycles. The molecule has 104 valence electrons. The van der Waals surface area contributed by atoms with Crippen molar-refractivity contribution in [1.29, 1.82) is 0 Å². The van der Waals surface area contributed by atoms with E-state index in [1.54, 1.807) is 12.1 Å². The molecular weight excluding hydrogens is 256 g/mol. The minimum absolute atomic E-state index is 0.0944. The number of hydrogen-bond donors (Lipinski definition) is 0. The van der Waals surface area contributed by atoms with Gasteiger partial charge in [-0.2, -0.15) is 0 Å². The average Bonchev–Trinajstić information content (AvgIpc) is 2.44. The summed E-state index contributed by atoms with van der Waals surface area (Å²) < 4.78 is 5.59. The quantitative estimate of drug-likeness (QED) is 0.617. The summed E-state index contributed by atoms with van der Waals surface area (Å²) in [5, 5.41) is 11.1. The maximum Gasteiger partial charge on any atom is 0.276 e. The molecule has 0 saturated heterocycles. The van der Waals surface area contributed by atoms with E-state index in [0.29, 0.717) is 11.4 Å². The third kappa shape index (κ3) is 3.12. The van der Waals surface area contributed by atoms with Crippen molar-refractivity contribution in [3.05, 3.63) is 63.3 Å². The van der Waals surface area contributed by atoms with E-state index in [2.05, 4.69) is 4.98 Å². The number of rotatable bonds is 5. The Morgan fingerprint density at radius 2 is 2.00 bits per heavy atom. The zero-order valence-electron chi connectivity index (χ0n) is 11.5. The molecule has 20 heavy (non-hydrogen) atoms. The summed E-state index contributed by atoms with van der Waals surface area (Å²) in [6, 6.07) is 10.5. The Hall–Kier alpha value is -2.43. The molecule has 0 saturated carbocycles. The number of pyridine rings is 1. The fourth-order valence-corrected chi connectivity index (χ4v) is 2.03. The van der Waals surface area contributed by atoms with Crippen molar-refractivity contribution in [2.24, 2.45) is 0 Å². The van der Waals surface area contributed by atoms with Gasteiger partial charge in [-0.1, -0.05) is 25.1 Å². The van der Waals surface area contributed by atoms with E-state index in [1.807, 2.05) is 32.0 Å². The lowest BCUT2D eigenvalue weighted by atomic mass is 10.0. The molecule has 0 aliphatic rings. The van der Waals surface area contributed by atoms with Crippen LogP contribution in [0.25, 0.3) is 0 Å². The normalized spacial score (nSPS) is 10.3. The van der Waals surface area contributed by atoms with Gasteiger partial charge in [-0.3, -0.25) is 10.1 Å². The molecule has 0 aliphatic heterocycles. The Balaban J connectivity index is 2.26. The molecule has 0 aliphatic carbocycles. The summed E-state index contributed by atoms with van der Waals surface area (Å²) >= 11 is 0. The number of hydrogen-bond acceptors (Lipinski definition) is 4. The molecule has 0 unspecified atom stereocenters. The Labute approximate surface area is 117 Å². The van der Waals surface area contributed by atoms with E-state index in [1.165, 1.54) is 6.07 Å². The van der Waals surface area contributed by atoms with Crippen LogP contribution in [0.15, 0.2) is 36.4 Å². The lowest BCUT2D eigenvalue weighted by Gasteiger charge is -2.10. The van der Waals surface area contributed by atoms with Crippen molar-refractivity contribution in [2.45, 2.75) is 26.9 Å². The third-order valence-corrected chi connectivity index (χ3v) is 3.05. The lowest BCUT2D eigenvalue weighted by molar-refractivity contribution is -0.385. The van der Waals surface area contributed by atoms with Crippen molar-refractivity contribution in [2.75, 3.05) is 0 Å². The van der Waals surface area contributed by atoms with Gasteiger partial charge in [-0.25, -0.2) is 4.98 Å². The summed E-state index contributed by atoms with van der Waals surface area (Å²) in [4.78, 5) is 14.9. The number of ether oxygens (including phenoxy) is 1. The highest BCUT2D eigenvalue weighted by Crippen LogP contribution is 2.24. The molecule has 5 heteroatoms. The van der Waals surface area contributed by atoms with Crippen LogP contribution in [0, 0.1) is 17.0 Å². The smallest absolute Gasteiger partial charge is 0.276 e. The second kappa shape index (κ2) is 6.14. The van der Waals surface area contributed by atoms with Gasteiger partial charge in [0.2, 0.25) is 5.88 Å². The number of aromatic nitrogens is 1. The standard InChI is InChI=1S/C15H16N2O3/c1-3-12-7-5-8-14(17(18)19)13(12)10-20-15-9-4-6-11(2)16-15/h4-9H,3,10H2,1-2H3. The first kappa shape index (κ1) is 14.0. The van der Waals surface area contributed by atoms with E-state index < -0.39 is 0 Å². The number of nitro groups is 1. The van der Waals surface area contributed by atoms with E-state index >= 15 is 0 Å². The van der Waals surface area contributed by atoms with E-state index in [9.17, 15) is 10.1 Å². The van der Waals surface area contributed by atoms with Crippen LogP contribution < -0.4 is 4.74 Å². The molecule has 0 radical (unpaired) electrons. The predicted octanol–water partition coefficient (Wildman–Crippen LogP) is 3.44. The monoisotopic (exact) mass is 272 g/mol. The van der Waals surface area contributed by atoms with E-state index in [0.717, 1.165) is 17.7 Å². The fourth-order valence-electron chi connectivity index (χ4n) is 2.03. The molecule has 2 aromatic rings. The summed E-state index contributed by atoms with van der Waals surface area (Å²) in [6.07, 6.45) is 0.724. The van der Waals surface area contributed by atoms with Crippen LogP contribution in [0.1, 0.15) is 23.7 Å². The maximum atomic E-state index is 11.1. The number of nitrogens with zero attached hydrogens (tertiary/aromatic N) is 2. The first-order chi connectivity index (χ1) is 9.61. The van der Waals surface area contributed by atoms with Crippen molar-refractivity contribution < 1.29 is 9.66 Å². The first-order valence-electron chi connectivity index (χ1n) is 6.43.